The van der Waals surface area contributed by atoms with Gasteiger partial charge in [-0.3, -0.25) is 15.0 Å². The Balaban J connectivity index is 1.49. The molecule has 2 N–H and O–H groups in total. The number of hydrogen-bond acceptors (Lipinski definition) is 6. The fraction of sp³-hybridized carbons (Fsp3) is 0.0714. The zero-order valence-electron chi connectivity index (χ0n) is 19.0. The quantitative estimate of drug-likeness (QED) is 0.355. The van der Waals surface area contributed by atoms with Gasteiger partial charge in [0.2, 0.25) is 5.88 Å². The first kappa shape index (κ1) is 20.8. The number of aromatic hydroxyl groups is 1. The number of pyridine rings is 2. The minimum Gasteiger partial charge on any atom is -0.493 e. The van der Waals surface area contributed by atoms with Gasteiger partial charge in [-0.1, -0.05) is 18.2 Å². The fourth-order valence-corrected chi connectivity index (χ4v) is 4.45. The van der Waals surface area contributed by atoms with E-state index in [0.717, 1.165) is 44.5 Å². The lowest BCUT2D eigenvalue weighted by molar-refractivity contribution is 0.453. The van der Waals surface area contributed by atoms with E-state index in [1.54, 1.807) is 30.9 Å². The summed E-state index contributed by atoms with van der Waals surface area (Å²) in [4.78, 5) is 17.6. The van der Waals surface area contributed by atoms with Crippen LogP contribution in [0.15, 0.2) is 97.8 Å². The van der Waals surface area contributed by atoms with Gasteiger partial charge in [-0.25, -0.2) is 4.98 Å². The second-order valence-corrected chi connectivity index (χ2v) is 8.46. The highest BCUT2D eigenvalue weighted by molar-refractivity contribution is 5.97. The van der Waals surface area contributed by atoms with Gasteiger partial charge in [-0.15, -0.1) is 0 Å². The summed E-state index contributed by atoms with van der Waals surface area (Å²) in [5.74, 6) is -0.0157. The Morgan fingerprint density at radius 1 is 0.857 bits per heavy atom. The molecule has 0 saturated heterocycles. The van der Waals surface area contributed by atoms with Gasteiger partial charge < -0.3 is 15.0 Å². The van der Waals surface area contributed by atoms with Crippen LogP contribution in [0.3, 0.4) is 0 Å². The van der Waals surface area contributed by atoms with Gasteiger partial charge in [0.25, 0.3) is 0 Å². The molecule has 2 aromatic carbocycles. The smallest absolute Gasteiger partial charge is 0.210 e. The van der Waals surface area contributed by atoms with Crippen LogP contribution in [-0.4, -0.2) is 29.6 Å². The summed E-state index contributed by atoms with van der Waals surface area (Å²) >= 11 is 0. The summed E-state index contributed by atoms with van der Waals surface area (Å²) in [6.45, 7) is 0. The molecule has 6 aromatic rings. The third-order valence-corrected chi connectivity index (χ3v) is 6.21. The van der Waals surface area contributed by atoms with E-state index in [9.17, 15) is 5.11 Å². The number of benzene rings is 2. The molecule has 0 bridgehead atoms. The zero-order chi connectivity index (χ0) is 23.8. The molecule has 0 fully saturated rings. The van der Waals surface area contributed by atoms with Crippen LogP contribution < -0.4 is 5.32 Å². The molecule has 0 saturated carbocycles. The summed E-state index contributed by atoms with van der Waals surface area (Å²) < 4.78 is 2.12. The summed E-state index contributed by atoms with van der Waals surface area (Å²) in [6, 6.07) is 19.8. The van der Waals surface area contributed by atoms with Crippen molar-refractivity contribution in [3.8, 4) is 17.0 Å². The van der Waals surface area contributed by atoms with Gasteiger partial charge in [0.15, 0.2) is 0 Å². The van der Waals surface area contributed by atoms with Crippen molar-refractivity contribution in [3.05, 3.63) is 109 Å². The maximum atomic E-state index is 9.70. The number of hydrogen-bond donors (Lipinski definition) is 2. The predicted molar refractivity (Wildman–Crippen MR) is 137 cm³/mol. The standard InChI is InChI=1S/C28H22N6O/c1-34-12-8-18-4-5-19(13-25(18)34)23-14-22(15-24-28(23)31-11-10-30-24)33-27(20-3-2-9-29-16-20)21-6-7-26(35)32-17-21/h2-17,27,33H,1H3,(H,32,35). The highest BCUT2D eigenvalue weighted by atomic mass is 16.3. The lowest BCUT2D eigenvalue weighted by atomic mass is 9.99. The number of nitrogens with one attached hydrogen (secondary N) is 1. The highest BCUT2D eigenvalue weighted by Crippen LogP contribution is 2.34. The molecule has 4 heterocycles. The van der Waals surface area contributed by atoms with Crippen molar-refractivity contribution in [1.82, 2.24) is 24.5 Å². The van der Waals surface area contributed by atoms with E-state index < -0.39 is 0 Å². The summed E-state index contributed by atoms with van der Waals surface area (Å²) in [5, 5.41) is 14.5. The Labute approximate surface area is 201 Å². The number of aryl methyl sites for hydroxylation is 1. The van der Waals surface area contributed by atoms with Gasteiger partial charge in [-0.2, -0.15) is 0 Å². The molecule has 7 nitrogen and oxygen atoms in total. The predicted octanol–water partition coefficient (Wildman–Crippen LogP) is 5.49. The Hall–Kier alpha value is -4.78. The van der Waals surface area contributed by atoms with Gasteiger partial charge in [-0.05, 0) is 58.5 Å². The first-order valence-corrected chi connectivity index (χ1v) is 11.3. The topological polar surface area (TPSA) is 88.8 Å². The van der Waals surface area contributed by atoms with Gasteiger partial charge in [0.1, 0.15) is 0 Å². The number of fused-ring (bicyclic) bond motifs is 2. The van der Waals surface area contributed by atoms with E-state index in [-0.39, 0.29) is 11.9 Å². The van der Waals surface area contributed by atoms with Crippen LogP contribution in [0.5, 0.6) is 5.88 Å². The Kier molecular flexibility index (Phi) is 5.07. The second-order valence-electron chi connectivity index (χ2n) is 8.46. The third kappa shape index (κ3) is 3.93. The molecule has 0 radical (unpaired) electrons. The molecule has 0 aliphatic carbocycles. The summed E-state index contributed by atoms with van der Waals surface area (Å²) in [5.41, 5.74) is 7.63. The largest absolute Gasteiger partial charge is 0.493 e. The minimum atomic E-state index is -0.228. The van der Waals surface area contributed by atoms with E-state index in [4.69, 9.17) is 0 Å². The van der Waals surface area contributed by atoms with E-state index in [1.165, 1.54) is 5.39 Å². The number of aromatic nitrogens is 5. The fourth-order valence-electron chi connectivity index (χ4n) is 4.45. The molecule has 0 spiro atoms. The van der Waals surface area contributed by atoms with Gasteiger partial charge in [0, 0.05) is 67.1 Å². The maximum Gasteiger partial charge on any atom is 0.210 e. The first-order chi connectivity index (χ1) is 17.2. The Morgan fingerprint density at radius 3 is 2.57 bits per heavy atom. The van der Waals surface area contributed by atoms with Gasteiger partial charge >= 0.3 is 0 Å². The molecule has 35 heavy (non-hydrogen) atoms. The number of nitrogens with zero attached hydrogens (tertiary/aromatic N) is 5. The molecule has 0 amide bonds. The molecule has 0 aliphatic rings. The Bertz CT molecular complexity index is 1640. The molecule has 1 atom stereocenters. The monoisotopic (exact) mass is 458 g/mol. The molecule has 170 valence electrons. The summed E-state index contributed by atoms with van der Waals surface area (Å²) in [6.07, 6.45) is 10.7. The first-order valence-electron chi connectivity index (χ1n) is 11.3. The molecular weight excluding hydrogens is 436 g/mol. The molecule has 1 unspecified atom stereocenters. The van der Waals surface area contributed by atoms with Crippen molar-refractivity contribution in [2.24, 2.45) is 7.05 Å². The van der Waals surface area contributed by atoms with Crippen LogP contribution in [0, 0.1) is 0 Å². The normalized spacial score (nSPS) is 12.1. The zero-order valence-corrected chi connectivity index (χ0v) is 19.0. The van der Waals surface area contributed by atoms with Gasteiger partial charge in [0.05, 0.1) is 17.1 Å². The average Bonchev–Trinajstić information content (AvgIpc) is 3.28. The minimum absolute atomic E-state index is 0.0157. The van der Waals surface area contributed by atoms with E-state index in [2.05, 4.69) is 66.3 Å². The van der Waals surface area contributed by atoms with Crippen LogP contribution in [0.25, 0.3) is 33.1 Å². The Morgan fingerprint density at radius 2 is 1.74 bits per heavy atom. The van der Waals surface area contributed by atoms with Crippen LogP contribution in [-0.2, 0) is 7.05 Å². The van der Waals surface area contributed by atoms with E-state index in [0.29, 0.717) is 0 Å². The van der Waals surface area contributed by atoms with Crippen LogP contribution in [0.4, 0.5) is 5.69 Å². The second kappa shape index (κ2) is 8.53. The van der Waals surface area contributed by atoms with Crippen molar-refractivity contribution in [2.45, 2.75) is 6.04 Å². The molecule has 6 rings (SSSR count). The number of rotatable bonds is 5. The summed E-state index contributed by atoms with van der Waals surface area (Å²) in [7, 11) is 2.05. The van der Waals surface area contributed by atoms with E-state index >= 15 is 0 Å². The van der Waals surface area contributed by atoms with Crippen LogP contribution in [0.1, 0.15) is 17.2 Å². The third-order valence-electron chi connectivity index (χ3n) is 6.21. The lowest BCUT2D eigenvalue weighted by Gasteiger charge is -2.21. The van der Waals surface area contributed by atoms with Crippen molar-refractivity contribution in [1.29, 1.82) is 0 Å². The van der Waals surface area contributed by atoms with Crippen LogP contribution in [0.2, 0.25) is 0 Å². The molecule has 0 aliphatic heterocycles. The van der Waals surface area contributed by atoms with E-state index in [1.807, 2.05) is 37.5 Å². The van der Waals surface area contributed by atoms with Crippen molar-refractivity contribution >= 4 is 27.6 Å². The van der Waals surface area contributed by atoms with Crippen LogP contribution >= 0.6 is 0 Å². The van der Waals surface area contributed by atoms with Crippen molar-refractivity contribution in [2.75, 3.05) is 5.32 Å². The molecular formula is C28H22N6O. The highest BCUT2D eigenvalue weighted by Gasteiger charge is 2.17. The molecule has 4 aromatic heterocycles. The maximum absolute atomic E-state index is 9.70. The number of anilines is 1. The van der Waals surface area contributed by atoms with Crippen molar-refractivity contribution in [3.63, 3.8) is 0 Å². The van der Waals surface area contributed by atoms with Crippen molar-refractivity contribution < 1.29 is 5.11 Å². The molecule has 7 heteroatoms. The SMILES string of the molecule is Cn1ccc2ccc(-c3cc(NC(c4cccnc4)c4ccc(O)nc4)cc4nccnc34)cc21. The lowest BCUT2D eigenvalue weighted by Crippen LogP contribution is -2.13. The average molecular weight is 459 g/mol.